The molecule has 1 fully saturated rings. The SMILES string of the molecule is C=CC(=O)OC1(C(=O)OCC(CC)CCCC)CCCCC1C(=O)OCCCCCCCCCCCC. The van der Waals surface area contributed by atoms with E-state index in [0.717, 1.165) is 57.4 Å². The lowest BCUT2D eigenvalue weighted by Gasteiger charge is -2.39. The Labute approximate surface area is 226 Å². The van der Waals surface area contributed by atoms with E-state index in [-0.39, 0.29) is 18.9 Å². The maximum atomic E-state index is 13.4. The van der Waals surface area contributed by atoms with Crippen molar-refractivity contribution in [3.8, 4) is 0 Å². The van der Waals surface area contributed by atoms with Crippen molar-refractivity contribution in [2.75, 3.05) is 13.2 Å². The number of ether oxygens (including phenoxy) is 3. The molecule has 0 bridgehead atoms. The molecule has 0 amide bonds. The molecule has 0 N–H and O–H groups in total. The minimum Gasteiger partial charge on any atom is -0.465 e. The highest BCUT2D eigenvalue weighted by molar-refractivity contribution is 5.92. The molecule has 0 heterocycles. The Kier molecular flexibility index (Phi) is 18.1. The van der Waals surface area contributed by atoms with Gasteiger partial charge in [-0.05, 0) is 38.0 Å². The fourth-order valence-corrected chi connectivity index (χ4v) is 5.16. The summed E-state index contributed by atoms with van der Waals surface area (Å²) in [6.07, 6.45) is 19.2. The van der Waals surface area contributed by atoms with Crippen LogP contribution in [-0.2, 0) is 28.6 Å². The lowest BCUT2D eigenvalue weighted by Crippen LogP contribution is -2.55. The van der Waals surface area contributed by atoms with E-state index in [1.54, 1.807) is 0 Å². The third kappa shape index (κ3) is 12.5. The molecule has 0 spiro atoms. The molecule has 0 saturated heterocycles. The van der Waals surface area contributed by atoms with Gasteiger partial charge in [0.25, 0.3) is 0 Å². The topological polar surface area (TPSA) is 78.9 Å². The molecule has 0 aromatic rings. The van der Waals surface area contributed by atoms with Gasteiger partial charge in [-0.25, -0.2) is 9.59 Å². The zero-order valence-corrected chi connectivity index (χ0v) is 24.0. The van der Waals surface area contributed by atoms with Gasteiger partial charge in [0.15, 0.2) is 0 Å². The van der Waals surface area contributed by atoms with E-state index in [9.17, 15) is 14.4 Å². The van der Waals surface area contributed by atoms with Gasteiger partial charge in [-0.2, -0.15) is 0 Å². The Morgan fingerprint density at radius 1 is 0.865 bits per heavy atom. The van der Waals surface area contributed by atoms with Crippen LogP contribution in [0.2, 0.25) is 0 Å². The summed E-state index contributed by atoms with van der Waals surface area (Å²) in [5.41, 5.74) is -1.64. The molecule has 37 heavy (non-hydrogen) atoms. The maximum absolute atomic E-state index is 13.4. The summed E-state index contributed by atoms with van der Waals surface area (Å²) in [7, 11) is 0. The molecule has 6 heteroatoms. The number of hydrogen-bond donors (Lipinski definition) is 0. The predicted octanol–water partition coefficient (Wildman–Crippen LogP) is 7.87. The molecule has 3 atom stereocenters. The van der Waals surface area contributed by atoms with Crippen molar-refractivity contribution in [1.82, 2.24) is 0 Å². The molecule has 6 nitrogen and oxygen atoms in total. The summed E-state index contributed by atoms with van der Waals surface area (Å²) < 4.78 is 17.0. The van der Waals surface area contributed by atoms with Crippen LogP contribution >= 0.6 is 0 Å². The van der Waals surface area contributed by atoms with Crippen molar-refractivity contribution in [1.29, 1.82) is 0 Å². The monoisotopic (exact) mass is 522 g/mol. The van der Waals surface area contributed by atoms with Crippen LogP contribution < -0.4 is 0 Å². The fourth-order valence-electron chi connectivity index (χ4n) is 5.16. The van der Waals surface area contributed by atoms with Gasteiger partial charge in [-0.15, -0.1) is 0 Å². The first-order valence-electron chi connectivity index (χ1n) is 15.1. The Bertz CT molecular complexity index is 660. The molecule has 1 rings (SSSR count). The molecule has 0 aromatic heterocycles. The normalized spacial score (nSPS) is 20.1. The van der Waals surface area contributed by atoms with E-state index in [0.29, 0.717) is 19.4 Å². The number of esters is 3. The Morgan fingerprint density at radius 3 is 2.08 bits per heavy atom. The molecule has 3 unspecified atom stereocenters. The second-order valence-corrected chi connectivity index (χ2v) is 10.7. The lowest BCUT2D eigenvalue weighted by atomic mass is 9.75. The number of unbranched alkanes of at least 4 members (excludes halogenated alkanes) is 10. The van der Waals surface area contributed by atoms with Gasteiger partial charge in [0.1, 0.15) is 5.92 Å². The first-order chi connectivity index (χ1) is 17.9. The van der Waals surface area contributed by atoms with Crippen LogP contribution in [0.15, 0.2) is 12.7 Å². The smallest absolute Gasteiger partial charge is 0.351 e. The van der Waals surface area contributed by atoms with Gasteiger partial charge in [-0.1, -0.05) is 111 Å². The van der Waals surface area contributed by atoms with Crippen LogP contribution in [0, 0.1) is 11.8 Å². The second kappa shape index (κ2) is 20.2. The van der Waals surface area contributed by atoms with Crippen LogP contribution in [0.25, 0.3) is 0 Å². The van der Waals surface area contributed by atoms with Gasteiger partial charge in [0, 0.05) is 6.08 Å². The lowest BCUT2D eigenvalue weighted by molar-refractivity contribution is -0.199. The highest BCUT2D eigenvalue weighted by Crippen LogP contribution is 2.39. The van der Waals surface area contributed by atoms with Crippen molar-refractivity contribution in [3.05, 3.63) is 12.7 Å². The van der Waals surface area contributed by atoms with Gasteiger partial charge >= 0.3 is 17.9 Å². The summed E-state index contributed by atoms with van der Waals surface area (Å²) in [5, 5.41) is 0. The highest BCUT2D eigenvalue weighted by atomic mass is 16.6. The Hall–Kier alpha value is -1.85. The van der Waals surface area contributed by atoms with E-state index in [4.69, 9.17) is 14.2 Å². The first-order valence-corrected chi connectivity index (χ1v) is 15.1. The van der Waals surface area contributed by atoms with Crippen LogP contribution in [0.5, 0.6) is 0 Å². The molecular formula is C31H54O6. The van der Waals surface area contributed by atoms with Crippen molar-refractivity contribution >= 4 is 17.9 Å². The minimum atomic E-state index is -1.64. The zero-order chi connectivity index (χ0) is 27.4. The average Bonchev–Trinajstić information content (AvgIpc) is 2.91. The standard InChI is InChI=1S/C31H54O6/c1-5-9-11-12-13-14-15-16-17-20-24-35-29(33)27-22-18-19-23-31(27,37-28(32)8-4)30(34)36-25-26(7-3)21-10-6-2/h8,26-27H,4-7,9-25H2,1-3H3. The summed E-state index contributed by atoms with van der Waals surface area (Å²) >= 11 is 0. The number of carbonyl (C=O) groups is 3. The highest BCUT2D eigenvalue weighted by Gasteiger charge is 2.55. The summed E-state index contributed by atoms with van der Waals surface area (Å²) in [6, 6.07) is 0. The fraction of sp³-hybridized carbons (Fsp3) is 0.839. The number of rotatable bonds is 21. The van der Waals surface area contributed by atoms with Gasteiger partial charge < -0.3 is 14.2 Å². The molecule has 214 valence electrons. The molecular weight excluding hydrogens is 468 g/mol. The third-order valence-electron chi connectivity index (χ3n) is 7.67. The molecule has 1 aliphatic carbocycles. The van der Waals surface area contributed by atoms with Crippen LogP contribution in [0.4, 0.5) is 0 Å². The summed E-state index contributed by atoms with van der Waals surface area (Å²) in [4.78, 5) is 38.8. The molecule has 0 radical (unpaired) electrons. The molecule has 0 aromatic carbocycles. The van der Waals surface area contributed by atoms with E-state index in [1.807, 2.05) is 0 Å². The average molecular weight is 523 g/mol. The quantitative estimate of drug-likeness (QED) is 0.0660. The predicted molar refractivity (Wildman–Crippen MR) is 148 cm³/mol. The van der Waals surface area contributed by atoms with Crippen molar-refractivity contribution in [3.63, 3.8) is 0 Å². The molecule has 1 saturated carbocycles. The van der Waals surface area contributed by atoms with Gasteiger partial charge in [-0.3, -0.25) is 4.79 Å². The van der Waals surface area contributed by atoms with E-state index in [1.165, 1.54) is 44.9 Å². The third-order valence-corrected chi connectivity index (χ3v) is 7.67. The zero-order valence-electron chi connectivity index (χ0n) is 24.0. The number of hydrogen-bond acceptors (Lipinski definition) is 6. The molecule has 0 aliphatic heterocycles. The maximum Gasteiger partial charge on any atom is 0.351 e. The van der Waals surface area contributed by atoms with E-state index in [2.05, 4.69) is 27.4 Å². The second-order valence-electron chi connectivity index (χ2n) is 10.7. The van der Waals surface area contributed by atoms with Crippen molar-refractivity contribution < 1.29 is 28.6 Å². The van der Waals surface area contributed by atoms with Crippen molar-refractivity contribution in [2.45, 2.75) is 142 Å². The Morgan fingerprint density at radius 2 is 1.49 bits per heavy atom. The van der Waals surface area contributed by atoms with Gasteiger partial charge in [0.2, 0.25) is 5.60 Å². The van der Waals surface area contributed by atoms with Crippen LogP contribution in [-0.4, -0.2) is 36.7 Å². The van der Waals surface area contributed by atoms with E-state index >= 15 is 0 Å². The van der Waals surface area contributed by atoms with Gasteiger partial charge in [0.05, 0.1) is 13.2 Å². The number of carbonyl (C=O) groups excluding carboxylic acids is 3. The first kappa shape index (κ1) is 33.2. The Balaban J connectivity index is 2.64. The molecule has 1 aliphatic rings. The summed E-state index contributed by atoms with van der Waals surface area (Å²) in [5.74, 6) is -2.41. The summed E-state index contributed by atoms with van der Waals surface area (Å²) in [6.45, 7) is 10.5. The van der Waals surface area contributed by atoms with Crippen molar-refractivity contribution in [2.24, 2.45) is 11.8 Å². The van der Waals surface area contributed by atoms with Crippen LogP contribution in [0.1, 0.15) is 136 Å². The van der Waals surface area contributed by atoms with Crippen LogP contribution in [0.3, 0.4) is 0 Å². The van der Waals surface area contributed by atoms with E-state index < -0.39 is 29.4 Å². The largest absolute Gasteiger partial charge is 0.465 e. The minimum absolute atomic E-state index is 0.251.